The number of carbonyl (C=O) groups excluding carboxylic acids is 1. The van der Waals surface area contributed by atoms with Crippen LogP contribution in [0.4, 0.5) is 0 Å². The molecule has 1 aliphatic rings. The number of guanidine groups is 1. The highest BCUT2D eigenvalue weighted by molar-refractivity contribution is 7.91. The van der Waals surface area contributed by atoms with Gasteiger partial charge in [0.25, 0.3) is 5.91 Å². The van der Waals surface area contributed by atoms with Crippen LogP contribution in [0.15, 0.2) is 23.2 Å². The Morgan fingerprint density at radius 1 is 1.24 bits per heavy atom. The maximum Gasteiger partial charge on any atom is 0.251 e. The number of nitrogens with one attached hydrogen (secondary N) is 3. The van der Waals surface area contributed by atoms with Gasteiger partial charge in [-0.3, -0.25) is 9.79 Å². The van der Waals surface area contributed by atoms with E-state index in [4.69, 9.17) is 23.2 Å². The van der Waals surface area contributed by atoms with Crippen molar-refractivity contribution >= 4 is 44.9 Å². The highest BCUT2D eigenvalue weighted by Crippen LogP contribution is 2.22. The Hall–Kier alpha value is -1.51. The number of rotatable bonds is 5. The van der Waals surface area contributed by atoms with Crippen LogP contribution in [-0.2, 0) is 9.84 Å². The first-order valence-corrected chi connectivity index (χ1v) is 10.3. The van der Waals surface area contributed by atoms with Crippen molar-refractivity contribution in [3.8, 4) is 0 Å². The molecule has 25 heavy (non-hydrogen) atoms. The summed E-state index contributed by atoms with van der Waals surface area (Å²) in [6, 6.07) is 4.53. The molecule has 1 saturated heterocycles. The van der Waals surface area contributed by atoms with Crippen molar-refractivity contribution in [1.82, 2.24) is 16.0 Å². The van der Waals surface area contributed by atoms with E-state index >= 15 is 0 Å². The van der Waals surface area contributed by atoms with Gasteiger partial charge in [-0.15, -0.1) is 0 Å². The van der Waals surface area contributed by atoms with Crippen LogP contribution in [0.2, 0.25) is 10.0 Å². The molecule has 1 aliphatic heterocycles. The second kappa shape index (κ2) is 8.73. The molecule has 0 bridgehead atoms. The summed E-state index contributed by atoms with van der Waals surface area (Å²) in [4.78, 5) is 16.1. The van der Waals surface area contributed by atoms with Crippen molar-refractivity contribution in [2.75, 3.05) is 31.6 Å². The largest absolute Gasteiger partial charge is 0.355 e. The topological polar surface area (TPSA) is 99.7 Å². The van der Waals surface area contributed by atoms with E-state index in [0.29, 0.717) is 41.1 Å². The second-order valence-corrected chi connectivity index (χ2v) is 8.67. The third kappa shape index (κ3) is 6.05. The summed E-state index contributed by atoms with van der Waals surface area (Å²) < 4.78 is 22.9. The van der Waals surface area contributed by atoms with Crippen LogP contribution in [0.5, 0.6) is 0 Å². The fourth-order valence-electron chi connectivity index (χ4n) is 2.39. The zero-order valence-electron chi connectivity index (χ0n) is 13.7. The highest BCUT2D eigenvalue weighted by atomic mass is 35.5. The number of amides is 1. The molecule has 1 heterocycles. The summed E-state index contributed by atoms with van der Waals surface area (Å²) in [7, 11) is -1.34. The summed E-state index contributed by atoms with van der Waals surface area (Å²) in [6.45, 7) is 0.801. The van der Waals surface area contributed by atoms with Gasteiger partial charge in [-0.2, -0.15) is 0 Å². The Labute approximate surface area is 157 Å². The molecule has 0 aromatic heterocycles. The minimum absolute atomic E-state index is 0.113. The van der Waals surface area contributed by atoms with Crippen LogP contribution >= 0.6 is 23.2 Å². The standard InChI is InChI=1S/C15H20Cl2N4O3S/c1-18-15(21-11-4-7-25(23,24)9-11)20-6-5-19-14(22)10-2-3-12(16)13(17)8-10/h2-3,8,11H,4-7,9H2,1H3,(H,19,22)(H2,18,20,21). The van der Waals surface area contributed by atoms with Gasteiger partial charge in [0.2, 0.25) is 0 Å². The molecule has 0 radical (unpaired) electrons. The van der Waals surface area contributed by atoms with E-state index in [-0.39, 0.29) is 23.5 Å². The van der Waals surface area contributed by atoms with Crippen LogP contribution in [-0.4, -0.2) is 58.0 Å². The quantitative estimate of drug-likeness (QED) is 0.385. The molecule has 10 heteroatoms. The van der Waals surface area contributed by atoms with Crippen molar-refractivity contribution < 1.29 is 13.2 Å². The average Bonchev–Trinajstić information content (AvgIpc) is 2.91. The third-order valence-electron chi connectivity index (χ3n) is 3.68. The first kappa shape index (κ1) is 19.8. The van der Waals surface area contributed by atoms with Crippen LogP contribution in [0, 0.1) is 0 Å². The van der Waals surface area contributed by atoms with Gasteiger partial charge < -0.3 is 16.0 Å². The predicted octanol–water partition coefficient (Wildman–Crippen LogP) is 1.08. The van der Waals surface area contributed by atoms with E-state index in [1.165, 1.54) is 6.07 Å². The minimum atomic E-state index is -2.95. The number of halogens is 2. The number of hydrogen-bond acceptors (Lipinski definition) is 4. The van der Waals surface area contributed by atoms with Crippen LogP contribution in [0.3, 0.4) is 0 Å². The molecule has 7 nitrogen and oxygen atoms in total. The number of aliphatic imine (C=N–C) groups is 1. The van der Waals surface area contributed by atoms with E-state index < -0.39 is 9.84 Å². The number of sulfone groups is 1. The first-order chi connectivity index (χ1) is 11.8. The molecular weight excluding hydrogens is 387 g/mol. The molecule has 2 rings (SSSR count). The maximum absolute atomic E-state index is 12.0. The van der Waals surface area contributed by atoms with Crippen LogP contribution in [0.1, 0.15) is 16.8 Å². The normalized spacial score (nSPS) is 19.5. The molecule has 1 amide bonds. The molecule has 1 aromatic carbocycles. The lowest BCUT2D eigenvalue weighted by atomic mass is 10.2. The van der Waals surface area contributed by atoms with Gasteiger partial charge in [0.05, 0.1) is 21.6 Å². The van der Waals surface area contributed by atoms with Crippen molar-refractivity contribution in [3.63, 3.8) is 0 Å². The van der Waals surface area contributed by atoms with Gasteiger partial charge >= 0.3 is 0 Å². The van der Waals surface area contributed by atoms with Crippen molar-refractivity contribution in [2.45, 2.75) is 12.5 Å². The average molecular weight is 407 g/mol. The number of hydrogen-bond donors (Lipinski definition) is 3. The summed E-state index contributed by atoms with van der Waals surface area (Å²) >= 11 is 11.7. The second-order valence-electron chi connectivity index (χ2n) is 5.63. The zero-order valence-corrected chi connectivity index (χ0v) is 16.0. The van der Waals surface area contributed by atoms with Gasteiger partial charge in [0.15, 0.2) is 15.8 Å². The lowest BCUT2D eigenvalue weighted by molar-refractivity contribution is 0.0954. The molecule has 0 saturated carbocycles. The Kier molecular flexibility index (Phi) is 6.92. The minimum Gasteiger partial charge on any atom is -0.355 e. The van der Waals surface area contributed by atoms with Gasteiger partial charge in [-0.05, 0) is 24.6 Å². The lowest BCUT2D eigenvalue weighted by Crippen LogP contribution is -2.46. The Morgan fingerprint density at radius 2 is 1.96 bits per heavy atom. The number of carbonyl (C=O) groups is 1. The third-order valence-corrected chi connectivity index (χ3v) is 6.19. The molecule has 138 valence electrons. The molecule has 1 atom stereocenters. The van der Waals surface area contributed by atoms with E-state index in [0.717, 1.165) is 0 Å². The smallest absolute Gasteiger partial charge is 0.251 e. The van der Waals surface area contributed by atoms with E-state index in [1.54, 1.807) is 19.2 Å². The fraction of sp³-hybridized carbons (Fsp3) is 0.467. The summed E-state index contributed by atoms with van der Waals surface area (Å²) in [5, 5.41) is 9.57. The van der Waals surface area contributed by atoms with Crippen LogP contribution in [0.25, 0.3) is 0 Å². The molecule has 0 spiro atoms. The summed E-state index contributed by atoms with van der Waals surface area (Å²) in [5.74, 6) is 0.555. The van der Waals surface area contributed by atoms with Gasteiger partial charge in [-0.25, -0.2) is 8.42 Å². The maximum atomic E-state index is 12.0. The fourth-order valence-corrected chi connectivity index (χ4v) is 4.36. The van der Waals surface area contributed by atoms with E-state index in [9.17, 15) is 13.2 Å². The number of benzene rings is 1. The SMILES string of the molecule is CN=C(NCCNC(=O)c1ccc(Cl)c(Cl)c1)NC1CCS(=O)(=O)C1. The molecule has 1 fully saturated rings. The van der Waals surface area contributed by atoms with Gasteiger partial charge in [0.1, 0.15) is 0 Å². The molecular formula is C15H20Cl2N4O3S. The van der Waals surface area contributed by atoms with Crippen molar-refractivity contribution in [1.29, 1.82) is 0 Å². The first-order valence-electron chi connectivity index (χ1n) is 7.71. The number of nitrogens with zero attached hydrogens (tertiary/aromatic N) is 1. The van der Waals surface area contributed by atoms with Crippen molar-refractivity contribution in [2.24, 2.45) is 4.99 Å². The molecule has 1 unspecified atom stereocenters. The van der Waals surface area contributed by atoms with Crippen molar-refractivity contribution in [3.05, 3.63) is 33.8 Å². The molecule has 0 aliphatic carbocycles. The molecule has 3 N–H and O–H groups in total. The van der Waals surface area contributed by atoms with E-state index in [1.807, 2.05) is 0 Å². The Bertz CT molecular complexity index is 768. The lowest BCUT2D eigenvalue weighted by Gasteiger charge is -2.16. The zero-order chi connectivity index (χ0) is 18.4. The highest BCUT2D eigenvalue weighted by Gasteiger charge is 2.28. The van der Waals surface area contributed by atoms with Gasteiger partial charge in [0, 0.05) is 31.7 Å². The monoisotopic (exact) mass is 406 g/mol. The molecule has 1 aromatic rings. The summed E-state index contributed by atoms with van der Waals surface area (Å²) in [6.07, 6.45) is 0.567. The Balaban J connectivity index is 1.74. The Morgan fingerprint density at radius 3 is 2.56 bits per heavy atom. The van der Waals surface area contributed by atoms with E-state index in [2.05, 4.69) is 20.9 Å². The van der Waals surface area contributed by atoms with Gasteiger partial charge in [-0.1, -0.05) is 23.2 Å². The summed E-state index contributed by atoms with van der Waals surface area (Å²) in [5.41, 5.74) is 0.424. The van der Waals surface area contributed by atoms with Crippen LogP contribution < -0.4 is 16.0 Å². The predicted molar refractivity (Wildman–Crippen MR) is 100 cm³/mol.